The van der Waals surface area contributed by atoms with Gasteiger partial charge < -0.3 is 16.0 Å². The minimum absolute atomic E-state index is 0.0129. The molecule has 0 bridgehead atoms. The number of rotatable bonds is 5. The predicted octanol–water partition coefficient (Wildman–Crippen LogP) is 2.91. The summed E-state index contributed by atoms with van der Waals surface area (Å²) in [5.41, 5.74) is 6.53. The van der Waals surface area contributed by atoms with E-state index < -0.39 is 0 Å². The van der Waals surface area contributed by atoms with Crippen molar-refractivity contribution in [2.45, 2.75) is 31.7 Å². The fraction of sp³-hybridized carbons (Fsp3) is 0.500. The number of benzene rings is 1. The molecule has 1 saturated carbocycles. The number of carbonyl (C=O) groups excluding carboxylic acids is 2. The highest BCUT2D eigenvalue weighted by molar-refractivity contribution is 6.42. The second kappa shape index (κ2) is 7.99. The Labute approximate surface area is 146 Å². The number of nitrogens with two attached hydrogens (primary N) is 1. The van der Waals surface area contributed by atoms with Gasteiger partial charge in [0.1, 0.15) is 0 Å². The van der Waals surface area contributed by atoms with Crippen LogP contribution in [-0.4, -0.2) is 36.3 Å². The molecule has 7 heteroatoms. The van der Waals surface area contributed by atoms with Gasteiger partial charge in [0, 0.05) is 25.2 Å². The largest absolute Gasteiger partial charge is 0.336 e. The molecule has 2 rings (SSSR count). The van der Waals surface area contributed by atoms with E-state index in [1.54, 1.807) is 25.2 Å². The SMILES string of the molecule is CN(CC(=O)Nc1ccc(Cl)c(Cl)c1)C(=O)C[C@@H]1CCC[C@H]1N. The van der Waals surface area contributed by atoms with Crippen LogP contribution in [0.3, 0.4) is 0 Å². The average molecular weight is 358 g/mol. The smallest absolute Gasteiger partial charge is 0.243 e. The third-order valence-electron chi connectivity index (χ3n) is 4.16. The number of anilines is 1. The van der Waals surface area contributed by atoms with Gasteiger partial charge in [0.05, 0.1) is 16.6 Å². The first-order valence-corrected chi connectivity index (χ1v) is 8.37. The van der Waals surface area contributed by atoms with E-state index >= 15 is 0 Å². The molecule has 0 saturated heterocycles. The molecule has 5 nitrogen and oxygen atoms in total. The molecule has 0 unspecified atom stereocenters. The van der Waals surface area contributed by atoms with E-state index in [0.29, 0.717) is 22.2 Å². The molecular formula is C16H21Cl2N3O2. The third kappa shape index (κ3) is 5.09. The van der Waals surface area contributed by atoms with Crippen molar-refractivity contribution in [3.05, 3.63) is 28.2 Å². The summed E-state index contributed by atoms with van der Waals surface area (Å²) in [4.78, 5) is 25.6. The van der Waals surface area contributed by atoms with Gasteiger partial charge in [-0.15, -0.1) is 0 Å². The summed E-state index contributed by atoms with van der Waals surface area (Å²) >= 11 is 11.7. The van der Waals surface area contributed by atoms with Gasteiger partial charge in [0.25, 0.3) is 0 Å². The quantitative estimate of drug-likeness (QED) is 0.850. The van der Waals surface area contributed by atoms with Crippen molar-refractivity contribution in [2.75, 3.05) is 18.9 Å². The number of hydrogen-bond donors (Lipinski definition) is 2. The van der Waals surface area contributed by atoms with Gasteiger partial charge in [-0.3, -0.25) is 9.59 Å². The molecule has 1 aliphatic rings. The maximum absolute atomic E-state index is 12.2. The Morgan fingerprint density at radius 1 is 1.30 bits per heavy atom. The zero-order valence-electron chi connectivity index (χ0n) is 13.0. The van der Waals surface area contributed by atoms with Crippen LogP contribution in [0.15, 0.2) is 18.2 Å². The summed E-state index contributed by atoms with van der Waals surface area (Å²) in [5, 5.41) is 3.48. The first-order chi connectivity index (χ1) is 10.9. The first-order valence-electron chi connectivity index (χ1n) is 7.61. The lowest BCUT2D eigenvalue weighted by Gasteiger charge is -2.21. The van der Waals surface area contributed by atoms with Gasteiger partial charge in [-0.2, -0.15) is 0 Å². The van der Waals surface area contributed by atoms with E-state index in [0.717, 1.165) is 19.3 Å². The lowest BCUT2D eigenvalue weighted by molar-refractivity contribution is -0.134. The van der Waals surface area contributed by atoms with Crippen molar-refractivity contribution < 1.29 is 9.59 Å². The molecule has 0 heterocycles. The van der Waals surface area contributed by atoms with Crippen molar-refractivity contribution in [1.29, 1.82) is 0 Å². The van der Waals surface area contributed by atoms with Crippen LogP contribution in [0.4, 0.5) is 5.69 Å². The van der Waals surface area contributed by atoms with Gasteiger partial charge >= 0.3 is 0 Å². The lowest BCUT2D eigenvalue weighted by Crippen LogP contribution is -2.37. The number of likely N-dealkylation sites (N-methyl/N-ethyl adjacent to an activating group) is 1. The summed E-state index contributed by atoms with van der Waals surface area (Å²) in [7, 11) is 1.62. The number of halogens is 2. The second-order valence-corrected chi connectivity index (χ2v) is 6.80. The molecule has 23 heavy (non-hydrogen) atoms. The number of carbonyl (C=O) groups is 2. The fourth-order valence-corrected chi connectivity index (χ4v) is 3.08. The molecule has 2 amide bonds. The van der Waals surface area contributed by atoms with Crippen molar-refractivity contribution in [3.63, 3.8) is 0 Å². The molecule has 0 aliphatic heterocycles. The maximum atomic E-state index is 12.2. The van der Waals surface area contributed by atoms with Gasteiger partial charge in [-0.25, -0.2) is 0 Å². The van der Waals surface area contributed by atoms with Crippen LogP contribution in [0, 0.1) is 5.92 Å². The third-order valence-corrected chi connectivity index (χ3v) is 4.90. The lowest BCUT2D eigenvalue weighted by atomic mass is 9.99. The van der Waals surface area contributed by atoms with E-state index in [1.165, 1.54) is 4.90 Å². The van der Waals surface area contributed by atoms with Gasteiger partial charge in [0.2, 0.25) is 11.8 Å². The Kier molecular flexibility index (Phi) is 6.27. The highest BCUT2D eigenvalue weighted by Gasteiger charge is 2.27. The van der Waals surface area contributed by atoms with E-state index in [4.69, 9.17) is 28.9 Å². The second-order valence-electron chi connectivity index (χ2n) is 5.99. The minimum atomic E-state index is -0.282. The summed E-state index contributed by atoms with van der Waals surface area (Å²) in [6, 6.07) is 4.93. The van der Waals surface area contributed by atoms with Gasteiger partial charge in [-0.1, -0.05) is 29.6 Å². The van der Waals surface area contributed by atoms with Crippen LogP contribution >= 0.6 is 23.2 Å². The number of nitrogens with one attached hydrogen (secondary N) is 1. The standard InChI is InChI=1S/C16H21Cl2N3O2/c1-21(16(23)7-10-3-2-4-14(10)19)9-15(22)20-11-5-6-12(17)13(18)8-11/h5-6,8,10,14H,2-4,7,9,19H2,1H3,(H,20,22)/t10-,14+/m0/s1. The van der Waals surface area contributed by atoms with Crippen molar-refractivity contribution >= 4 is 40.7 Å². The van der Waals surface area contributed by atoms with Crippen LogP contribution in [0.5, 0.6) is 0 Å². The highest BCUT2D eigenvalue weighted by Crippen LogP contribution is 2.27. The van der Waals surface area contributed by atoms with Crippen LogP contribution in [0.2, 0.25) is 10.0 Å². The molecular weight excluding hydrogens is 337 g/mol. The predicted molar refractivity (Wildman–Crippen MR) is 92.7 cm³/mol. The average Bonchev–Trinajstić information content (AvgIpc) is 2.88. The molecule has 1 aromatic carbocycles. The van der Waals surface area contributed by atoms with E-state index in [9.17, 15) is 9.59 Å². The van der Waals surface area contributed by atoms with Gasteiger partial charge in [-0.05, 0) is 37.0 Å². The van der Waals surface area contributed by atoms with Crippen LogP contribution in [-0.2, 0) is 9.59 Å². The molecule has 126 valence electrons. The first kappa shape index (κ1) is 18.0. The van der Waals surface area contributed by atoms with Crippen LogP contribution < -0.4 is 11.1 Å². The minimum Gasteiger partial charge on any atom is -0.336 e. The summed E-state index contributed by atoms with van der Waals surface area (Å²) in [6.45, 7) is -0.0129. The molecule has 2 atom stereocenters. The Morgan fingerprint density at radius 3 is 2.65 bits per heavy atom. The zero-order valence-corrected chi connectivity index (χ0v) is 14.5. The Hall–Kier alpha value is -1.30. The van der Waals surface area contributed by atoms with Crippen molar-refractivity contribution in [3.8, 4) is 0 Å². The summed E-state index contributed by atoms with van der Waals surface area (Å²) in [5.74, 6) is -0.116. The van der Waals surface area contributed by atoms with E-state index in [2.05, 4.69) is 5.32 Å². The summed E-state index contributed by atoms with van der Waals surface area (Å²) < 4.78 is 0. The topological polar surface area (TPSA) is 75.4 Å². The Morgan fingerprint density at radius 2 is 2.04 bits per heavy atom. The molecule has 1 aromatic rings. The molecule has 3 N–H and O–H groups in total. The van der Waals surface area contributed by atoms with E-state index in [1.807, 2.05) is 0 Å². The van der Waals surface area contributed by atoms with Crippen LogP contribution in [0.25, 0.3) is 0 Å². The molecule has 1 fully saturated rings. The normalized spacial score (nSPS) is 20.3. The molecule has 0 radical (unpaired) electrons. The summed E-state index contributed by atoms with van der Waals surface area (Å²) in [6.07, 6.45) is 3.42. The number of nitrogens with zero attached hydrogens (tertiary/aromatic N) is 1. The van der Waals surface area contributed by atoms with Crippen molar-refractivity contribution in [1.82, 2.24) is 4.90 Å². The maximum Gasteiger partial charge on any atom is 0.243 e. The Balaban J connectivity index is 1.83. The Bertz CT molecular complexity index is 595. The van der Waals surface area contributed by atoms with Crippen LogP contribution in [0.1, 0.15) is 25.7 Å². The highest BCUT2D eigenvalue weighted by atomic mass is 35.5. The van der Waals surface area contributed by atoms with Gasteiger partial charge in [0.15, 0.2) is 0 Å². The zero-order chi connectivity index (χ0) is 17.0. The van der Waals surface area contributed by atoms with E-state index in [-0.39, 0.29) is 30.3 Å². The molecule has 0 spiro atoms. The number of amides is 2. The monoisotopic (exact) mass is 357 g/mol. The van der Waals surface area contributed by atoms with Crippen molar-refractivity contribution in [2.24, 2.45) is 11.7 Å². The molecule has 1 aliphatic carbocycles. The fourth-order valence-electron chi connectivity index (χ4n) is 2.78. The molecule has 0 aromatic heterocycles. The number of hydrogen-bond acceptors (Lipinski definition) is 3.